The van der Waals surface area contributed by atoms with E-state index in [-0.39, 0.29) is 5.97 Å². The van der Waals surface area contributed by atoms with Gasteiger partial charge >= 0.3 is 5.97 Å². The molecule has 0 atom stereocenters. The molecular weight excluding hydrogens is 196 g/mol. The predicted octanol–water partition coefficient (Wildman–Crippen LogP) is 2.65. The van der Waals surface area contributed by atoms with Crippen molar-refractivity contribution in [3.8, 4) is 0 Å². The number of benzene rings is 1. The Morgan fingerprint density at radius 3 is 2.57 bits per heavy atom. The third kappa shape index (κ3) is 4.33. The summed E-state index contributed by atoms with van der Waals surface area (Å²) in [5.41, 5.74) is 1.26. The predicted molar refractivity (Wildman–Crippen MR) is 58.5 cm³/mol. The maximum Gasteiger partial charge on any atom is 0.302 e. The van der Waals surface area contributed by atoms with Crippen molar-refractivity contribution in [2.45, 2.75) is 18.7 Å². The molecule has 1 aromatic carbocycles. The van der Waals surface area contributed by atoms with E-state index in [1.54, 1.807) is 11.8 Å². The first-order valence-corrected chi connectivity index (χ1v) is 5.50. The van der Waals surface area contributed by atoms with Crippen molar-refractivity contribution in [1.29, 1.82) is 0 Å². The number of esters is 1. The number of rotatable bonds is 4. The molecule has 0 aromatic heterocycles. The second-order valence-electron chi connectivity index (χ2n) is 3.00. The third-order valence-corrected chi connectivity index (χ3v) is 2.65. The monoisotopic (exact) mass is 210 g/mol. The second-order valence-corrected chi connectivity index (χ2v) is 4.17. The molecule has 0 amide bonds. The fourth-order valence-corrected chi connectivity index (χ4v) is 1.71. The number of hydrogen-bond acceptors (Lipinski definition) is 3. The Bertz CT molecular complexity index is 293. The Labute approximate surface area is 88.7 Å². The molecule has 76 valence electrons. The summed E-state index contributed by atoms with van der Waals surface area (Å²) >= 11 is 1.69. The number of carbonyl (C=O) groups excluding carboxylic acids is 1. The van der Waals surface area contributed by atoms with Crippen molar-refractivity contribution in [3.63, 3.8) is 0 Å². The molecule has 1 aromatic rings. The van der Waals surface area contributed by atoms with Gasteiger partial charge in [0.15, 0.2) is 0 Å². The van der Waals surface area contributed by atoms with E-state index in [1.165, 1.54) is 17.4 Å². The molecule has 0 fully saturated rings. The summed E-state index contributed by atoms with van der Waals surface area (Å²) < 4.78 is 4.83. The van der Waals surface area contributed by atoms with Gasteiger partial charge < -0.3 is 4.74 Å². The highest BCUT2D eigenvalue weighted by Gasteiger charge is 1.95. The third-order valence-electron chi connectivity index (χ3n) is 1.68. The summed E-state index contributed by atoms with van der Waals surface area (Å²) in [5, 5.41) is 0. The molecule has 0 spiro atoms. The molecule has 0 aliphatic heterocycles. The van der Waals surface area contributed by atoms with Crippen molar-refractivity contribution < 1.29 is 9.53 Å². The average molecular weight is 210 g/mol. The summed E-state index contributed by atoms with van der Waals surface area (Å²) in [5.74, 6) is 0.595. The Hall–Kier alpha value is -0.960. The zero-order valence-electron chi connectivity index (χ0n) is 8.45. The van der Waals surface area contributed by atoms with Gasteiger partial charge in [-0.05, 0) is 19.1 Å². The van der Waals surface area contributed by atoms with Crippen LogP contribution in [0.2, 0.25) is 0 Å². The number of hydrogen-bond donors (Lipinski definition) is 0. The van der Waals surface area contributed by atoms with Crippen LogP contribution in [0.1, 0.15) is 12.5 Å². The van der Waals surface area contributed by atoms with E-state index in [1.807, 2.05) is 0 Å². The maximum absolute atomic E-state index is 10.5. The van der Waals surface area contributed by atoms with Crippen LogP contribution in [0.3, 0.4) is 0 Å². The van der Waals surface area contributed by atoms with E-state index in [2.05, 4.69) is 31.2 Å². The standard InChI is InChI=1S/C11H14O2S/c1-9-3-5-11(6-4-9)14-8-7-13-10(2)12/h3-6H,7-8H2,1-2H3. The lowest BCUT2D eigenvalue weighted by Gasteiger charge is -2.02. The van der Waals surface area contributed by atoms with E-state index in [0.717, 1.165) is 5.75 Å². The van der Waals surface area contributed by atoms with Crippen molar-refractivity contribution in [1.82, 2.24) is 0 Å². The van der Waals surface area contributed by atoms with E-state index in [0.29, 0.717) is 6.61 Å². The minimum Gasteiger partial charge on any atom is -0.465 e. The van der Waals surface area contributed by atoms with Crippen LogP contribution in [-0.4, -0.2) is 18.3 Å². The Kier molecular flexibility index (Phi) is 4.53. The van der Waals surface area contributed by atoms with Gasteiger partial charge in [0.2, 0.25) is 0 Å². The lowest BCUT2D eigenvalue weighted by atomic mass is 10.2. The molecule has 0 N–H and O–H groups in total. The van der Waals surface area contributed by atoms with Gasteiger partial charge in [-0.1, -0.05) is 17.7 Å². The topological polar surface area (TPSA) is 26.3 Å². The molecule has 1 rings (SSSR count). The van der Waals surface area contributed by atoms with Crippen molar-refractivity contribution in [2.24, 2.45) is 0 Å². The van der Waals surface area contributed by atoms with Gasteiger partial charge in [0.05, 0.1) is 0 Å². The number of aryl methyl sites for hydroxylation is 1. The minimum absolute atomic E-state index is 0.213. The molecular formula is C11H14O2S. The zero-order chi connectivity index (χ0) is 10.4. The normalized spacial score (nSPS) is 9.86. The summed E-state index contributed by atoms with van der Waals surface area (Å²) in [6, 6.07) is 8.31. The van der Waals surface area contributed by atoms with Gasteiger partial charge in [-0.2, -0.15) is 0 Å². The average Bonchev–Trinajstić information content (AvgIpc) is 2.15. The van der Waals surface area contributed by atoms with Crippen LogP contribution in [0.15, 0.2) is 29.2 Å². The zero-order valence-corrected chi connectivity index (χ0v) is 9.26. The molecule has 0 unspecified atom stereocenters. The molecule has 2 nitrogen and oxygen atoms in total. The highest BCUT2D eigenvalue weighted by Crippen LogP contribution is 2.17. The van der Waals surface area contributed by atoms with Gasteiger partial charge in [0.25, 0.3) is 0 Å². The SMILES string of the molecule is CC(=O)OCCSc1ccc(C)cc1. The smallest absolute Gasteiger partial charge is 0.302 e. The Morgan fingerprint density at radius 2 is 2.00 bits per heavy atom. The second kappa shape index (κ2) is 5.70. The fraction of sp³-hybridized carbons (Fsp3) is 0.364. The first-order valence-electron chi connectivity index (χ1n) is 4.51. The van der Waals surface area contributed by atoms with E-state index >= 15 is 0 Å². The van der Waals surface area contributed by atoms with Crippen molar-refractivity contribution >= 4 is 17.7 Å². The molecule has 0 aliphatic rings. The maximum atomic E-state index is 10.5. The van der Waals surface area contributed by atoms with Crippen LogP contribution in [0, 0.1) is 6.92 Å². The van der Waals surface area contributed by atoms with Gasteiger partial charge in [-0.3, -0.25) is 4.79 Å². The van der Waals surface area contributed by atoms with E-state index < -0.39 is 0 Å². The van der Waals surface area contributed by atoms with Crippen LogP contribution in [0.25, 0.3) is 0 Å². The van der Waals surface area contributed by atoms with Crippen LogP contribution >= 0.6 is 11.8 Å². The van der Waals surface area contributed by atoms with Crippen molar-refractivity contribution in [2.75, 3.05) is 12.4 Å². The minimum atomic E-state index is -0.213. The highest BCUT2D eigenvalue weighted by molar-refractivity contribution is 7.99. The highest BCUT2D eigenvalue weighted by atomic mass is 32.2. The molecule has 0 radical (unpaired) electrons. The van der Waals surface area contributed by atoms with Crippen LogP contribution < -0.4 is 0 Å². The van der Waals surface area contributed by atoms with Crippen LogP contribution in [0.5, 0.6) is 0 Å². The lowest BCUT2D eigenvalue weighted by molar-refractivity contribution is -0.140. The number of carbonyl (C=O) groups is 1. The van der Waals surface area contributed by atoms with E-state index in [4.69, 9.17) is 4.74 Å². The largest absolute Gasteiger partial charge is 0.465 e. The molecule has 0 saturated carbocycles. The molecule has 3 heteroatoms. The molecule has 0 saturated heterocycles. The lowest BCUT2D eigenvalue weighted by Crippen LogP contribution is -2.02. The molecule has 14 heavy (non-hydrogen) atoms. The number of thioether (sulfide) groups is 1. The first kappa shape index (κ1) is 11.1. The fourth-order valence-electron chi connectivity index (χ4n) is 0.979. The van der Waals surface area contributed by atoms with E-state index in [9.17, 15) is 4.79 Å². The van der Waals surface area contributed by atoms with Crippen molar-refractivity contribution in [3.05, 3.63) is 29.8 Å². The summed E-state index contributed by atoms with van der Waals surface area (Å²) in [6.45, 7) is 3.97. The first-order chi connectivity index (χ1) is 6.68. The summed E-state index contributed by atoms with van der Waals surface area (Å²) in [6.07, 6.45) is 0. The Morgan fingerprint density at radius 1 is 1.36 bits per heavy atom. The summed E-state index contributed by atoms with van der Waals surface area (Å²) in [7, 11) is 0. The molecule has 0 bridgehead atoms. The van der Waals surface area contributed by atoms with Gasteiger partial charge in [-0.15, -0.1) is 11.8 Å². The number of ether oxygens (including phenoxy) is 1. The molecule has 0 heterocycles. The van der Waals surface area contributed by atoms with Crippen LogP contribution in [0.4, 0.5) is 0 Å². The molecule has 0 aliphatic carbocycles. The van der Waals surface area contributed by atoms with Crippen LogP contribution in [-0.2, 0) is 9.53 Å². The Balaban J connectivity index is 2.25. The quantitative estimate of drug-likeness (QED) is 0.434. The van der Waals surface area contributed by atoms with Gasteiger partial charge in [0.1, 0.15) is 6.61 Å². The summed E-state index contributed by atoms with van der Waals surface area (Å²) in [4.78, 5) is 11.7. The van der Waals surface area contributed by atoms with Gasteiger partial charge in [0, 0.05) is 17.6 Å². The van der Waals surface area contributed by atoms with Gasteiger partial charge in [-0.25, -0.2) is 0 Å².